The van der Waals surface area contributed by atoms with Crippen LogP contribution in [-0.2, 0) is 10.2 Å². The number of carbonyl (C=O) groups excluding carboxylic acids is 1. The molecule has 2 atom stereocenters. The molecule has 1 aromatic carbocycles. The molecular formula is C15H22N2O. The number of nitrogen functional groups attached to an aromatic ring is 1. The third-order valence-electron chi connectivity index (χ3n) is 4.00. The maximum Gasteiger partial charge on any atom is 0.230 e. The van der Waals surface area contributed by atoms with Gasteiger partial charge in [-0.1, -0.05) is 19.1 Å². The normalized spacial score (nSPS) is 22.6. The van der Waals surface area contributed by atoms with Gasteiger partial charge in [0.25, 0.3) is 0 Å². The van der Waals surface area contributed by atoms with Crippen molar-refractivity contribution in [3.8, 4) is 0 Å². The lowest BCUT2D eigenvalue weighted by atomic mass is 9.83. The minimum Gasteiger partial charge on any atom is -0.399 e. The molecule has 0 aliphatic heterocycles. The summed E-state index contributed by atoms with van der Waals surface area (Å²) in [5.41, 5.74) is 6.88. The maximum atomic E-state index is 12.2. The van der Waals surface area contributed by atoms with Crippen molar-refractivity contribution in [1.29, 1.82) is 0 Å². The smallest absolute Gasteiger partial charge is 0.230 e. The highest BCUT2D eigenvalue weighted by atomic mass is 16.2. The molecule has 3 nitrogen and oxygen atoms in total. The summed E-state index contributed by atoms with van der Waals surface area (Å²) in [4.78, 5) is 12.2. The Morgan fingerprint density at radius 2 is 1.94 bits per heavy atom. The monoisotopic (exact) mass is 246 g/mol. The van der Waals surface area contributed by atoms with Crippen LogP contribution in [0.2, 0.25) is 0 Å². The SMILES string of the molecule is CC1CC1CNC(=O)C(C)(C)c1ccc(N)cc1. The van der Waals surface area contributed by atoms with E-state index in [4.69, 9.17) is 5.73 Å². The quantitative estimate of drug-likeness (QED) is 0.801. The molecule has 1 fully saturated rings. The molecular weight excluding hydrogens is 224 g/mol. The average molecular weight is 246 g/mol. The molecule has 0 radical (unpaired) electrons. The molecule has 0 heterocycles. The van der Waals surface area contributed by atoms with Gasteiger partial charge in [-0.15, -0.1) is 0 Å². The van der Waals surface area contributed by atoms with E-state index in [0.29, 0.717) is 5.92 Å². The van der Waals surface area contributed by atoms with Crippen LogP contribution in [0.5, 0.6) is 0 Å². The van der Waals surface area contributed by atoms with E-state index in [1.807, 2.05) is 38.1 Å². The molecule has 1 amide bonds. The molecule has 0 bridgehead atoms. The second kappa shape index (κ2) is 4.63. The molecule has 98 valence electrons. The number of hydrogen-bond donors (Lipinski definition) is 2. The summed E-state index contributed by atoms with van der Waals surface area (Å²) in [6.45, 7) is 6.93. The van der Waals surface area contributed by atoms with Crippen LogP contribution in [0.3, 0.4) is 0 Å². The minimum atomic E-state index is -0.508. The summed E-state index contributed by atoms with van der Waals surface area (Å²) in [7, 11) is 0. The largest absolute Gasteiger partial charge is 0.399 e. The van der Waals surface area contributed by atoms with Gasteiger partial charge >= 0.3 is 0 Å². The lowest BCUT2D eigenvalue weighted by Crippen LogP contribution is -2.41. The molecule has 0 aromatic heterocycles. The topological polar surface area (TPSA) is 55.1 Å². The summed E-state index contributed by atoms with van der Waals surface area (Å²) in [6.07, 6.45) is 1.24. The van der Waals surface area contributed by atoms with Gasteiger partial charge in [-0.2, -0.15) is 0 Å². The summed E-state index contributed by atoms with van der Waals surface area (Å²) in [5.74, 6) is 1.53. The van der Waals surface area contributed by atoms with E-state index in [9.17, 15) is 4.79 Å². The Morgan fingerprint density at radius 1 is 1.39 bits per heavy atom. The van der Waals surface area contributed by atoms with E-state index in [1.165, 1.54) is 6.42 Å². The fourth-order valence-electron chi connectivity index (χ4n) is 2.16. The molecule has 2 unspecified atom stereocenters. The predicted octanol–water partition coefficient (Wildman–Crippen LogP) is 2.32. The maximum absolute atomic E-state index is 12.2. The second-order valence-electron chi connectivity index (χ2n) is 5.93. The molecule has 3 heteroatoms. The first kappa shape index (κ1) is 12.9. The number of carbonyl (C=O) groups is 1. The van der Waals surface area contributed by atoms with Crippen molar-refractivity contribution in [1.82, 2.24) is 5.32 Å². The van der Waals surface area contributed by atoms with Crippen LogP contribution in [0.15, 0.2) is 24.3 Å². The van der Waals surface area contributed by atoms with Gasteiger partial charge in [0.05, 0.1) is 5.41 Å². The van der Waals surface area contributed by atoms with Crippen molar-refractivity contribution in [2.45, 2.75) is 32.6 Å². The number of amides is 1. The Kier molecular flexibility index (Phi) is 3.33. The zero-order valence-corrected chi connectivity index (χ0v) is 11.4. The molecule has 3 N–H and O–H groups in total. The van der Waals surface area contributed by atoms with Crippen LogP contribution in [0, 0.1) is 11.8 Å². The molecule has 1 aromatic rings. The zero-order valence-electron chi connectivity index (χ0n) is 11.4. The van der Waals surface area contributed by atoms with Crippen LogP contribution in [0.1, 0.15) is 32.8 Å². The Hall–Kier alpha value is -1.51. The van der Waals surface area contributed by atoms with Crippen LogP contribution in [-0.4, -0.2) is 12.5 Å². The van der Waals surface area contributed by atoms with Gasteiger partial charge in [-0.3, -0.25) is 4.79 Å². The highest BCUT2D eigenvalue weighted by Gasteiger charge is 2.35. The molecule has 1 aliphatic rings. The molecule has 0 saturated heterocycles. The van der Waals surface area contributed by atoms with Gasteiger partial charge in [-0.25, -0.2) is 0 Å². The fourth-order valence-corrected chi connectivity index (χ4v) is 2.16. The highest BCUT2D eigenvalue weighted by molar-refractivity contribution is 5.87. The lowest BCUT2D eigenvalue weighted by molar-refractivity contribution is -0.125. The third-order valence-corrected chi connectivity index (χ3v) is 4.00. The minimum absolute atomic E-state index is 0.0892. The summed E-state index contributed by atoms with van der Waals surface area (Å²) >= 11 is 0. The van der Waals surface area contributed by atoms with E-state index < -0.39 is 5.41 Å². The van der Waals surface area contributed by atoms with Gasteiger partial charge in [0, 0.05) is 12.2 Å². The first-order valence-corrected chi connectivity index (χ1v) is 6.55. The number of rotatable bonds is 4. The molecule has 0 spiro atoms. The highest BCUT2D eigenvalue weighted by Crippen LogP contribution is 2.37. The van der Waals surface area contributed by atoms with E-state index in [0.717, 1.165) is 23.7 Å². The van der Waals surface area contributed by atoms with Gasteiger partial charge in [-0.05, 0) is 49.8 Å². The number of benzene rings is 1. The van der Waals surface area contributed by atoms with E-state index >= 15 is 0 Å². The van der Waals surface area contributed by atoms with Gasteiger partial charge in [0.15, 0.2) is 0 Å². The van der Waals surface area contributed by atoms with Crippen LogP contribution in [0.25, 0.3) is 0 Å². The Bertz CT molecular complexity index is 436. The Balaban J connectivity index is 2.00. The number of hydrogen-bond acceptors (Lipinski definition) is 2. The Morgan fingerprint density at radius 3 is 2.44 bits per heavy atom. The van der Waals surface area contributed by atoms with Gasteiger partial charge in [0.2, 0.25) is 5.91 Å². The fraction of sp³-hybridized carbons (Fsp3) is 0.533. The van der Waals surface area contributed by atoms with Crippen molar-refractivity contribution in [3.63, 3.8) is 0 Å². The van der Waals surface area contributed by atoms with Crippen LogP contribution in [0.4, 0.5) is 5.69 Å². The zero-order chi connectivity index (χ0) is 13.3. The molecule has 1 saturated carbocycles. The van der Waals surface area contributed by atoms with Crippen LogP contribution < -0.4 is 11.1 Å². The molecule has 1 aliphatic carbocycles. The van der Waals surface area contributed by atoms with Crippen molar-refractivity contribution in [2.75, 3.05) is 12.3 Å². The van der Waals surface area contributed by atoms with E-state index in [1.54, 1.807) is 0 Å². The standard InChI is InChI=1S/C15H22N2O/c1-10-8-11(10)9-17-14(18)15(2,3)12-4-6-13(16)7-5-12/h4-7,10-11H,8-9,16H2,1-3H3,(H,17,18). The van der Waals surface area contributed by atoms with E-state index in [2.05, 4.69) is 12.2 Å². The number of nitrogens with one attached hydrogen (secondary N) is 1. The van der Waals surface area contributed by atoms with Crippen LogP contribution >= 0.6 is 0 Å². The number of anilines is 1. The summed E-state index contributed by atoms with van der Waals surface area (Å²) in [6, 6.07) is 7.53. The van der Waals surface area contributed by atoms with E-state index in [-0.39, 0.29) is 5.91 Å². The third kappa shape index (κ3) is 2.66. The molecule has 2 rings (SSSR count). The van der Waals surface area contributed by atoms with Gasteiger partial charge < -0.3 is 11.1 Å². The second-order valence-corrected chi connectivity index (χ2v) is 5.93. The first-order valence-electron chi connectivity index (χ1n) is 6.55. The lowest BCUT2D eigenvalue weighted by Gasteiger charge is -2.24. The summed E-state index contributed by atoms with van der Waals surface area (Å²) in [5, 5.41) is 3.06. The number of nitrogens with two attached hydrogens (primary N) is 1. The van der Waals surface area contributed by atoms with Crippen molar-refractivity contribution in [3.05, 3.63) is 29.8 Å². The average Bonchev–Trinajstić information content (AvgIpc) is 3.03. The van der Waals surface area contributed by atoms with Crippen molar-refractivity contribution >= 4 is 11.6 Å². The summed E-state index contributed by atoms with van der Waals surface area (Å²) < 4.78 is 0. The van der Waals surface area contributed by atoms with Gasteiger partial charge in [0.1, 0.15) is 0 Å². The Labute approximate surface area is 109 Å². The van der Waals surface area contributed by atoms with Crippen molar-refractivity contribution in [2.24, 2.45) is 11.8 Å². The molecule has 18 heavy (non-hydrogen) atoms. The first-order chi connectivity index (χ1) is 8.41. The van der Waals surface area contributed by atoms with Crippen molar-refractivity contribution < 1.29 is 4.79 Å². The predicted molar refractivity (Wildman–Crippen MR) is 74.2 cm³/mol.